The lowest BCUT2D eigenvalue weighted by molar-refractivity contribution is 0.314. The average Bonchev–Trinajstić information content (AvgIpc) is 2.44. The van der Waals surface area contributed by atoms with E-state index in [2.05, 4.69) is 27.3 Å². The van der Waals surface area contributed by atoms with E-state index < -0.39 is 0 Å². The summed E-state index contributed by atoms with van der Waals surface area (Å²) in [5, 5.41) is 3.44. The van der Waals surface area contributed by atoms with Crippen molar-refractivity contribution in [1.82, 2.24) is 5.32 Å². The number of nitrogens with one attached hydrogen (secondary N) is 1. The summed E-state index contributed by atoms with van der Waals surface area (Å²) in [5.41, 5.74) is 1.63. The predicted octanol–water partition coefficient (Wildman–Crippen LogP) is 4.31. The first kappa shape index (κ1) is 14.6. The molecule has 1 aromatic rings. The summed E-state index contributed by atoms with van der Waals surface area (Å²) in [6, 6.07) is 7.97. The molecule has 1 aliphatic carbocycles. The van der Waals surface area contributed by atoms with Crippen LogP contribution in [0.15, 0.2) is 40.4 Å². The summed E-state index contributed by atoms with van der Waals surface area (Å²) in [6.45, 7) is 2.68. The summed E-state index contributed by atoms with van der Waals surface area (Å²) < 4.78 is 6.73. The molecule has 104 valence electrons. The maximum Gasteiger partial charge on any atom is 0.120 e. The summed E-state index contributed by atoms with van der Waals surface area (Å²) in [6.07, 6.45) is 8.94. The molecule has 0 saturated carbocycles. The summed E-state index contributed by atoms with van der Waals surface area (Å²) in [7, 11) is 0. The van der Waals surface area contributed by atoms with Crippen LogP contribution in [-0.4, -0.2) is 19.7 Å². The fourth-order valence-corrected chi connectivity index (χ4v) is 2.68. The highest BCUT2D eigenvalue weighted by atomic mass is 79.9. The van der Waals surface area contributed by atoms with Crippen LogP contribution in [0.5, 0.6) is 5.75 Å². The lowest BCUT2D eigenvalue weighted by Crippen LogP contribution is -2.22. The van der Waals surface area contributed by atoms with E-state index in [0.717, 1.165) is 29.9 Å². The smallest absolute Gasteiger partial charge is 0.120 e. The first-order valence-corrected chi connectivity index (χ1v) is 7.91. The number of hydrogen-bond acceptors (Lipinski definition) is 2. The third-order valence-electron chi connectivity index (χ3n) is 3.35. The molecule has 3 heteroatoms. The van der Waals surface area contributed by atoms with Gasteiger partial charge in [-0.05, 0) is 56.8 Å². The van der Waals surface area contributed by atoms with Crippen molar-refractivity contribution < 1.29 is 4.74 Å². The van der Waals surface area contributed by atoms with Crippen molar-refractivity contribution in [2.75, 3.05) is 19.7 Å². The molecule has 0 fully saturated rings. The van der Waals surface area contributed by atoms with Crippen molar-refractivity contribution in [3.63, 3.8) is 0 Å². The van der Waals surface area contributed by atoms with Crippen LogP contribution in [0.25, 0.3) is 0 Å². The van der Waals surface area contributed by atoms with Gasteiger partial charge in [0, 0.05) is 11.0 Å². The lowest BCUT2D eigenvalue weighted by Gasteiger charge is -2.13. The van der Waals surface area contributed by atoms with Gasteiger partial charge < -0.3 is 10.1 Å². The summed E-state index contributed by atoms with van der Waals surface area (Å²) in [5.74, 6) is 0.922. The highest BCUT2D eigenvalue weighted by molar-refractivity contribution is 9.10. The van der Waals surface area contributed by atoms with Gasteiger partial charge in [0.25, 0.3) is 0 Å². The van der Waals surface area contributed by atoms with E-state index >= 15 is 0 Å². The van der Waals surface area contributed by atoms with Crippen LogP contribution >= 0.6 is 15.9 Å². The first-order valence-electron chi connectivity index (χ1n) is 7.11. The molecule has 1 N–H and O–H groups in total. The Balaban J connectivity index is 1.53. The number of rotatable bonds is 7. The molecule has 2 rings (SSSR count). The van der Waals surface area contributed by atoms with E-state index in [-0.39, 0.29) is 0 Å². The Kier molecular flexibility index (Phi) is 6.45. The van der Waals surface area contributed by atoms with Crippen LogP contribution in [0.2, 0.25) is 0 Å². The Hall–Kier alpha value is -0.800. The topological polar surface area (TPSA) is 21.3 Å². The quantitative estimate of drug-likeness (QED) is 0.596. The van der Waals surface area contributed by atoms with E-state index in [0.29, 0.717) is 0 Å². The van der Waals surface area contributed by atoms with Crippen molar-refractivity contribution in [3.8, 4) is 5.75 Å². The second-order valence-corrected chi connectivity index (χ2v) is 5.83. The fourth-order valence-electron chi connectivity index (χ4n) is 2.30. The molecular formula is C16H22BrNO. The highest BCUT2D eigenvalue weighted by Crippen LogP contribution is 2.19. The molecule has 0 amide bonds. The highest BCUT2D eigenvalue weighted by Gasteiger charge is 2.02. The van der Waals surface area contributed by atoms with Gasteiger partial charge in [0.1, 0.15) is 12.4 Å². The Morgan fingerprint density at radius 2 is 2.16 bits per heavy atom. The van der Waals surface area contributed by atoms with Crippen molar-refractivity contribution in [1.29, 1.82) is 0 Å². The van der Waals surface area contributed by atoms with E-state index in [1.807, 2.05) is 24.3 Å². The Morgan fingerprint density at radius 3 is 2.95 bits per heavy atom. The zero-order chi connectivity index (χ0) is 13.3. The van der Waals surface area contributed by atoms with Gasteiger partial charge in [-0.15, -0.1) is 0 Å². The standard InChI is InChI=1S/C16H22BrNO/c17-15-7-4-8-16(13-15)19-12-11-18-10-9-14-5-2-1-3-6-14/h4-5,7-8,13,18H,1-3,6,9-12H2. The molecule has 19 heavy (non-hydrogen) atoms. The maximum atomic E-state index is 5.67. The second kappa shape index (κ2) is 8.39. The van der Waals surface area contributed by atoms with E-state index in [1.165, 1.54) is 32.1 Å². The van der Waals surface area contributed by atoms with E-state index in [1.54, 1.807) is 5.57 Å². The predicted molar refractivity (Wildman–Crippen MR) is 83.7 cm³/mol. The van der Waals surface area contributed by atoms with Gasteiger partial charge in [-0.1, -0.05) is 33.6 Å². The van der Waals surface area contributed by atoms with Gasteiger partial charge in [-0.2, -0.15) is 0 Å². The van der Waals surface area contributed by atoms with Crippen LogP contribution in [0.4, 0.5) is 0 Å². The zero-order valence-electron chi connectivity index (χ0n) is 11.3. The van der Waals surface area contributed by atoms with Crippen molar-refractivity contribution in [2.45, 2.75) is 32.1 Å². The molecule has 0 heterocycles. The number of ether oxygens (including phenoxy) is 1. The van der Waals surface area contributed by atoms with Crippen molar-refractivity contribution in [3.05, 3.63) is 40.4 Å². The van der Waals surface area contributed by atoms with Crippen molar-refractivity contribution >= 4 is 15.9 Å². The lowest BCUT2D eigenvalue weighted by atomic mass is 9.97. The zero-order valence-corrected chi connectivity index (χ0v) is 12.9. The number of hydrogen-bond donors (Lipinski definition) is 1. The van der Waals surface area contributed by atoms with Crippen LogP contribution < -0.4 is 10.1 Å². The van der Waals surface area contributed by atoms with E-state index in [9.17, 15) is 0 Å². The van der Waals surface area contributed by atoms with E-state index in [4.69, 9.17) is 4.74 Å². The largest absolute Gasteiger partial charge is 0.492 e. The summed E-state index contributed by atoms with van der Waals surface area (Å²) >= 11 is 3.44. The minimum atomic E-state index is 0.718. The van der Waals surface area contributed by atoms with Gasteiger partial charge >= 0.3 is 0 Å². The van der Waals surface area contributed by atoms with Gasteiger partial charge in [0.2, 0.25) is 0 Å². The maximum absolute atomic E-state index is 5.67. The molecule has 0 aliphatic heterocycles. The van der Waals surface area contributed by atoms with Crippen LogP contribution in [0, 0.1) is 0 Å². The molecule has 0 saturated heterocycles. The number of allylic oxidation sites excluding steroid dienone is 1. The minimum absolute atomic E-state index is 0.718. The third-order valence-corrected chi connectivity index (χ3v) is 3.84. The molecule has 0 spiro atoms. The minimum Gasteiger partial charge on any atom is -0.492 e. The normalized spacial score (nSPS) is 15.1. The van der Waals surface area contributed by atoms with Gasteiger partial charge in [0.15, 0.2) is 0 Å². The van der Waals surface area contributed by atoms with Gasteiger partial charge in [0.05, 0.1) is 0 Å². The Bertz CT molecular complexity index is 417. The molecule has 1 aliphatic rings. The first-order chi connectivity index (χ1) is 9.34. The molecule has 0 atom stereocenters. The molecule has 0 bridgehead atoms. The molecule has 0 unspecified atom stereocenters. The van der Waals surface area contributed by atoms with Crippen LogP contribution in [0.1, 0.15) is 32.1 Å². The second-order valence-electron chi connectivity index (χ2n) is 4.91. The SMILES string of the molecule is Brc1cccc(OCCNCCC2=CCCCC2)c1. The fraction of sp³-hybridized carbons (Fsp3) is 0.500. The third kappa shape index (κ3) is 5.79. The van der Waals surface area contributed by atoms with Gasteiger partial charge in [-0.25, -0.2) is 0 Å². The van der Waals surface area contributed by atoms with Crippen LogP contribution in [-0.2, 0) is 0 Å². The molecular weight excluding hydrogens is 302 g/mol. The molecule has 0 aromatic heterocycles. The number of benzene rings is 1. The van der Waals surface area contributed by atoms with Crippen LogP contribution in [0.3, 0.4) is 0 Å². The molecule has 1 aromatic carbocycles. The Morgan fingerprint density at radius 1 is 1.21 bits per heavy atom. The van der Waals surface area contributed by atoms with Gasteiger partial charge in [-0.3, -0.25) is 0 Å². The van der Waals surface area contributed by atoms with Crippen molar-refractivity contribution in [2.24, 2.45) is 0 Å². The monoisotopic (exact) mass is 323 g/mol. The Labute approximate surface area is 124 Å². The number of halogens is 1. The summed E-state index contributed by atoms with van der Waals surface area (Å²) in [4.78, 5) is 0. The average molecular weight is 324 g/mol. The molecule has 2 nitrogen and oxygen atoms in total. The molecule has 0 radical (unpaired) electrons.